The molecule has 0 spiro atoms. The zero-order valence-electron chi connectivity index (χ0n) is 23.9. The van der Waals surface area contributed by atoms with E-state index in [0.29, 0.717) is 5.95 Å². The van der Waals surface area contributed by atoms with Crippen LogP contribution in [-0.2, 0) is 0 Å². The topological polar surface area (TPSA) is 30.7 Å². The maximum atomic E-state index is 5.29. The first-order valence-corrected chi connectivity index (χ1v) is 16.6. The van der Waals surface area contributed by atoms with E-state index in [-0.39, 0.29) is 0 Å². The summed E-state index contributed by atoms with van der Waals surface area (Å²) in [6, 6.07) is 49.6. The summed E-state index contributed by atoms with van der Waals surface area (Å²) < 4.78 is 7.49. The molecule has 0 radical (unpaired) electrons. The van der Waals surface area contributed by atoms with E-state index < -0.39 is 0 Å². The monoisotopic (exact) mass is 609 g/mol. The Morgan fingerprint density at radius 3 is 1.33 bits per heavy atom. The second-order valence-electron chi connectivity index (χ2n) is 11.4. The Labute approximate surface area is 266 Å². The zero-order chi connectivity index (χ0) is 29.5. The molecule has 0 aliphatic carbocycles. The molecule has 45 heavy (non-hydrogen) atoms. The summed E-state index contributed by atoms with van der Waals surface area (Å²) in [5, 5.41) is 7.74. The zero-order valence-corrected chi connectivity index (χ0v) is 25.6. The van der Waals surface area contributed by atoms with Crippen molar-refractivity contribution in [1.29, 1.82) is 0 Å². The molecule has 3 nitrogen and oxygen atoms in total. The van der Waals surface area contributed by atoms with Crippen LogP contribution < -0.4 is 0 Å². The third kappa shape index (κ3) is 3.69. The molecule has 0 saturated heterocycles. The molecule has 0 aliphatic heterocycles. The van der Waals surface area contributed by atoms with Crippen LogP contribution in [0.2, 0.25) is 0 Å². The van der Waals surface area contributed by atoms with Gasteiger partial charge in [0.2, 0.25) is 5.95 Å². The molecule has 0 N–H and O–H groups in total. The molecule has 0 fully saturated rings. The average Bonchev–Trinajstić information content (AvgIpc) is 3.78. The molecule has 10 aromatic rings. The van der Waals surface area contributed by atoms with Crippen LogP contribution in [0.15, 0.2) is 140 Å². The lowest BCUT2D eigenvalue weighted by molar-refractivity contribution is 0.996. The first kappa shape index (κ1) is 25.0. The lowest BCUT2D eigenvalue weighted by Crippen LogP contribution is -2.03. The van der Waals surface area contributed by atoms with Gasteiger partial charge in [0, 0.05) is 62.2 Å². The van der Waals surface area contributed by atoms with Crippen LogP contribution in [0, 0.1) is 0 Å². The highest BCUT2D eigenvalue weighted by Gasteiger charge is 2.23. The molecule has 5 heteroatoms. The molecule has 4 heterocycles. The number of aromatic nitrogens is 3. The fraction of sp³-hybridized carbons (Fsp3) is 0. The lowest BCUT2D eigenvalue weighted by Gasteiger charge is -2.12. The van der Waals surface area contributed by atoms with E-state index in [1.54, 1.807) is 0 Å². The Morgan fingerprint density at radius 2 is 0.844 bits per heavy atom. The molecule has 0 unspecified atom stereocenters. The van der Waals surface area contributed by atoms with Crippen LogP contribution in [0.25, 0.3) is 90.6 Å². The molecule has 10 rings (SSSR count). The SMILES string of the molecule is c1ccc(-c2cc(-c3ccccc3)nc(-n3c4ccc5sc6ccccc6c5c4c4c5c(ccc43)sc3ccccc35)n2)cc1. The van der Waals surface area contributed by atoms with Crippen LogP contribution in [0.3, 0.4) is 0 Å². The molecule has 6 aromatic carbocycles. The minimum absolute atomic E-state index is 0.674. The largest absolute Gasteiger partial charge is 0.278 e. The normalized spacial score (nSPS) is 12.0. The van der Waals surface area contributed by atoms with Crippen LogP contribution in [0.4, 0.5) is 0 Å². The summed E-state index contributed by atoms with van der Waals surface area (Å²) in [5.41, 5.74) is 6.17. The van der Waals surface area contributed by atoms with E-state index in [1.807, 2.05) is 34.8 Å². The van der Waals surface area contributed by atoms with E-state index in [2.05, 4.69) is 132 Å². The number of thiophene rings is 2. The number of hydrogen-bond donors (Lipinski definition) is 0. The van der Waals surface area contributed by atoms with Crippen LogP contribution in [0.5, 0.6) is 0 Å². The molecule has 0 atom stereocenters. The average molecular weight is 610 g/mol. The smallest absolute Gasteiger partial charge is 0.235 e. The molecule has 0 saturated carbocycles. The van der Waals surface area contributed by atoms with Crippen molar-refractivity contribution in [3.63, 3.8) is 0 Å². The van der Waals surface area contributed by atoms with Crippen LogP contribution >= 0.6 is 22.7 Å². The van der Waals surface area contributed by atoms with Gasteiger partial charge in [-0.05, 0) is 42.5 Å². The summed E-state index contributed by atoms with van der Waals surface area (Å²) in [6.07, 6.45) is 0. The number of fused-ring (bicyclic) bond motifs is 11. The standard InChI is InChI=1S/C40H23N3S2/c1-3-11-24(12-4-1)28-23-29(25-13-5-2-6-14-25)42-40(41-28)43-30-19-21-34-36(26-15-7-9-17-32(26)44-34)38(30)39-31(43)20-22-35-37(39)27-16-8-10-18-33(27)45-35/h1-23H. The van der Waals surface area contributed by atoms with Crippen LogP contribution in [0.1, 0.15) is 0 Å². The van der Waals surface area contributed by atoms with E-state index in [4.69, 9.17) is 9.97 Å². The molecular formula is C40H23N3S2. The predicted octanol–water partition coefficient (Wildman–Crippen LogP) is 11.6. The Hall–Kier alpha value is -5.36. The lowest BCUT2D eigenvalue weighted by atomic mass is 10.0. The molecular weight excluding hydrogens is 587 g/mol. The Balaban J connectivity index is 1.42. The van der Waals surface area contributed by atoms with Crippen molar-refractivity contribution in [2.45, 2.75) is 0 Å². The van der Waals surface area contributed by atoms with Crippen LogP contribution in [-0.4, -0.2) is 14.5 Å². The van der Waals surface area contributed by atoms with Gasteiger partial charge in [-0.25, -0.2) is 9.97 Å². The molecule has 0 bridgehead atoms. The van der Waals surface area contributed by atoms with Gasteiger partial charge in [0.1, 0.15) is 0 Å². The summed E-state index contributed by atoms with van der Waals surface area (Å²) in [4.78, 5) is 10.6. The third-order valence-corrected chi connectivity index (χ3v) is 11.1. The van der Waals surface area contributed by atoms with E-state index >= 15 is 0 Å². The van der Waals surface area contributed by atoms with Crippen molar-refractivity contribution in [2.24, 2.45) is 0 Å². The van der Waals surface area contributed by atoms with Crippen molar-refractivity contribution in [2.75, 3.05) is 0 Å². The second kappa shape index (κ2) is 9.57. The van der Waals surface area contributed by atoms with Gasteiger partial charge in [0.05, 0.1) is 22.4 Å². The molecule has 4 aromatic heterocycles. The Kier molecular flexibility index (Phi) is 5.32. The maximum absolute atomic E-state index is 5.29. The number of rotatable bonds is 3. The Bertz CT molecular complexity index is 2570. The minimum Gasteiger partial charge on any atom is -0.278 e. The van der Waals surface area contributed by atoms with Gasteiger partial charge in [-0.15, -0.1) is 22.7 Å². The van der Waals surface area contributed by atoms with Gasteiger partial charge in [0.25, 0.3) is 0 Å². The van der Waals surface area contributed by atoms with Crippen molar-refractivity contribution >= 4 is 84.8 Å². The van der Waals surface area contributed by atoms with Gasteiger partial charge in [0.15, 0.2) is 0 Å². The Morgan fingerprint density at radius 1 is 0.400 bits per heavy atom. The van der Waals surface area contributed by atoms with Crippen molar-refractivity contribution in [1.82, 2.24) is 14.5 Å². The van der Waals surface area contributed by atoms with Gasteiger partial charge < -0.3 is 0 Å². The minimum atomic E-state index is 0.674. The molecule has 0 aliphatic rings. The van der Waals surface area contributed by atoms with Gasteiger partial charge in [-0.1, -0.05) is 97.1 Å². The highest BCUT2D eigenvalue weighted by atomic mass is 32.1. The van der Waals surface area contributed by atoms with Crippen molar-refractivity contribution in [3.05, 3.63) is 140 Å². The van der Waals surface area contributed by atoms with Gasteiger partial charge >= 0.3 is 0 Å². The molecule has 210 valence electrons. The fourth-order valence-corrected chi connectivity index (χ4v) is 9.11. The number of hydrogen-bond acceptors (Lipinski definition) is 4. The summed E-state index contributed by atoms with van der Waals surface area (Å²) in [7, 11) is 0. The maximum Gasteiger partial charge on any atom is 0.235 e. The first-order valence-electron chi connectivity index (χ1n) is 15.0. The fourth-order valence-electron chi connectivity index (χ4n) is 6.88. The molecule has 0 amide bonds. The van der Waals surface area contributed by atoms with Crippen molar-refractivity contribution in [3.8, 4) is 28.5 Å². The first-order chi connectivity index (χ1) is 22.3. The number of nitrogens with zero attached hydrogens (tertiary/aromatic N) is 3. The van der Waals surface area contributed by atoms with Gasteiger partial charge in [-0.3, -0.25) is 4.57 Å². The van der Waals surface area contributed by atoms with Gasteiger partial charge in [-0.2, -0.15) is 0 Å². The number of benzene rings is 6. The highest BCUT2D eigenvalue weighted by molar-refractivity contribution is 7.26. The van der Waals surface area contributed by atoms with E-state index in [1.165, 1.54) is 51.1 Å². The summed E-state index contributed by atoms with van der Waals surface area (Å²) in [6.45, 7) is 0. The quantitative estimate of drug-likeness (QED) is 0.199. The predicted molar refractivity (Wildman–Crippen MR) is 193 cm³/mol. The van der Waals surface area contributed by atoms with Crippen molar-refractivity contribution < 1.29 is 0 Å². The van der Waals surface area contributed by atoms with E-state index in [9.17, 15) is 0 Å². The second-order valence-corrected chi connectivity index (χ2v) is 13.5. The summed E-state index contributed by atoms with van der Waals surface area (Å²) in [5.74, 6) is 0.674. The highest BCUT2D eigenvalue weighted by Crippen LogP contribution is 2.48. The summed E-state index contributed by atoms with van der Waals surface area (Å²) >= 11 is 3.73. The third-order valence-electron chi connectivity index (χ3n) is 8.83. The van der Waals surface area contributed by atoms with E-state index in [0.717, 1.165) is 33.5 Å².